The summed E-state index contributed by atoms with van der Waals surface area (Å²) in [5.74, 6) is -1.12. The zero-order chi connectivity index (χ0) is 18.1. The lowest BCUT2D eigenvalue weighted by atomic mass is 10.2. The Hall–Kier alpha value is -2.77. The van der Waals surface area contributed by atoms with Gasteiger partial charge in [-0.3, -0.25) is 9.59 Å². The Kier molecular flexibility index (Phi) is 7.54. The molecule has 0 aliphatic heterocycles. The molecule has 0 saturated heterocycles. The third-order valence-corrected chi connectivity index (χ3v) is 3.09. The number of carbonyl (C=O) groups is 3. The molecule has 1 atom stereocenters. The third-order valence-electron chi connectivity index (χ3n) is 3.09. The number of benzene rings is 1. The predicted octanol–water partition coefficient (Wildman–Crippen LogP) is 0.501. The van der Waals surface area contributed by atoms with Crippen molar-refractivity contribution >= 4 is 17.8 Å². The molecule has 0 fully saturated rings. The summed E-state index contributed by atoms with van der Waals surface area (Å²) in [6.07, 6.45) is 0. The van der Waals surface area contributed by atoms with Crippen molar-refractivity contribution in [2.45, 2.75) is 19.9 Å². The minimum absolute atomic E-state index is 0.0899. The Morgan fingerprint density at radius 2 is 1.71 bits per heavy atom. The molecule has 1 aromatic carbocycles. The van der Waals surface area contributed by atoms with Crippen molar-refractivity contribution in [3.63, 3.8) is 0 Å². The fourth-order valence-corrected chi connectivity index (χ4v) is 1.93. The molecular weight excluding hydrogens is 316 g/mol. The topological polar surface area (TPSA) is 103 Å². The van der Waals surface area contributed by atoms with Crippen LogP contribution in [-0.4, -0.2) is 51.2 Å². The van der Waals surface area contributed by atoms with Crippen molar-refractivity contribution in [1.29, 1.82) is 0 Å². The molecule has 2 amide bonds. The summed E-state index contributed by atoms with van der Waals surface area (Å²) in [5, 5.41) is 5.01. The van der Waals surface area contributed by atoms with Gasteiger partial charge in [0.15, 0.2) is 6.61 Å². The molecule has 0 heterocycles. The molecule has 8 nitrogen and oxygen atoms in total. The second-order valence-electron chi connectivity index (χ2n) is 4.80. The molecular formula is C16H22N2O6. The van der Waals surface area contributed by atoms with Gasteiger partial charge in [-0.05, 0) is 26.0 Å². The quantitative estimate of drug-likeness (QED) is 0.669. The van der Waals surface area contributed by atoms with E-state index in [0.29, 0.717) is 6.54 Å². The van der Waals surface area contributed by atoms with E-state index in [-0.39, 0.29) is 23.0 Å². The largest absolute Gasteiger partial charge is 0.496 e. The molecule has 8 heteroatoms. The summed E-state index contributed by atoms with van der Waals surface area (Å²) in [7, 11) is 2.82. The molecule has 0 unspecified atom stereocenters. The van der Waals surface area contributed by atoms with E-state index in [4.69, 9.17) is 14.2 Å². The molecule has 132 valence electrons. The van der Waals surface area contributed by atoms with E-state index in [9.17, 15) is 14.4 Å². The Morgan fingerprint density at radius 3 is 2.21 bits per heavy atom. The minimum atomic E-state index is -0.759. The van der Waals surface area contributed by atoms with Crippen molar-refractivity contribution in [3.8, 4) is 11.5 Å². The van der Waals surface area contributed by atoms with Crippen LogP contribution in [0, 0.1) is 0 Å². The standard InChI is InChI=1S/C16H22N2O6/c1-5-17-15(20)10(2)18-13(19)9-24-16(21)14-11(22-3)7-6-8-12(14)23-4/h6-8,10H,5,9H2,1-4H3,(H,17,20)(H,18,19)/t10-/m0/s1. The molecule has 0 saturated carbocycles. The number of likely N-dealkylation sites (N-methyl/N-ethyl adjacent to an activating group) is 1. The smallest absolute Gasteiger partial charge is 0.346 e. The van der Waals surface area contributed by atoms with E-state index < -0.39 is 24.5 Å². The predicted molar refractivity (Wildman–Crippen MR) is 86.1 cm³/mol. The van der Waals surface area contributed by atoms with Crippen LogP contribution in [0.25, 0.3) is 0 Å². The van der Waals surface area contributed by atoms with Gasteiger partial charge >= 0.3 is 5.97 Å². The van der Waals surface area contributed by atoms with Crippen molar-refractivity contribution < 1.29 is 28.6 Å². The molecule has 2 N–H and O–H groups in total. The van der Waals surface area contributed by atoms with E-state index in [1.54, 1.807) is 25.1 Å². The molecule has 24 heavy (non-hydrogen) atoms. The Balaban J connectivity index is 2.67. The number of amides is 2. The SMILES string of the molecule is CCNC(=O)[C@H](C)NC(=O)COC(=O)c1c(OC)cccc1OC. The highest BCUT2D eigenvalue weighted by Gasteiger charge is 2.21. The van der Waals surface area contributed by atoms with Crippen LogP contribution < -0.4 is 20.1 Å². The van der Waals surface area contributed by atoms with E-state index in [1.807, 2.05) is 0 Å². The van der Waals surface area contributed by atoms with Gasteiger partial charge in [0.2, 0.25) is 5.91 Å². The fraction of sp³-hybridized carbons (Fsp3) is 0.438. The van der Waals surface area contributed by atoms with Gasteiger partial charge in [-0.1, -0.05) is 6.07 Å². The molecule has 0 aromatic heterocycles. The number of ether oxygens (including phenoxy) is 3. The Labute approximate surface area is 140 Å². The average molecular weight is 338 g/mol. The number of esters is 1. The van der Waals surface area contributed by atoms with Gasteiger partial charge < -0.3 is 24.8 Å². The van der Waals surface area contributed by atoms with Gasteiger partial charge in [0, 0.05) is 6.54 Å². The van der Waals surface area contributed by atoms with Crippen molar-refractivity contribution in [2.75, 3.05) is 27.4 Å². The van der Waals surface area contributed by atoms with Crippen LogP contribution in [0.4, 0.5) is 0 Å². The van der Waals surface area contributed by atoms with Crippen molar-refractivity contribution in [2.24, 2.45) is 0 Å². The molecule has 1 aromatic rings. The Bertz CT molecular complexity index is 580. The van der Waals surface area contributed by atoms with E-state index in [1.165, 1.54) is 21.1 Å². The maximum Gasteiger partial charge on any atom is 0.346 e. The van der Waals surface area contributed by atoms with Crippen LogP contribution in [0.1, 0.15) is 24.2 Å². The lowest BCUT2D eigenvalue weighted by molar-refractivity contribution is -0.130. The highest BCUT2D eigenvalue weighted by Crippen LogP contribution is 2.28. The number of carbonyl (C=O) groups excluding carboxylic acids is 3. The lowest BCUT2D eigenvalue weighted by Crippen LogP contribution is -2.46. The number of hydrogen-bond donors (Lipinski definition) is 2. The average Bonchev–Trinajstić information content (AvgIpc) is 2.58. The lowest BCUT2D eigenvalue weighted by Gasteiger charge is -2.14. The number of nitrogens with one attached hydrogen (secondary N) is 2. The summed E-state index contributed by atoms with van der Waals surface area (Å²) >= 11 is 0. The van der Waals surface area contributed by atoms with Gasteiger partial charge in [0.05, 0.1) is 14.2 Å². The van der Waals surface area contributed by atoms with Crippen LogP contribution in [-0.2, 0) is 14.3 Å². The fourth-order valence-electron chi connectivity index (χ4n) is 1.93. The zero-order valence-corrected chi connectivity index (χ0v) is 14.2. The van der Waals surface area contributed by atoms with E-state index in [0.717, 1.165) is 0 Å². The van der Waals surface area contributed by atoms with Gasteiger partial charge in [-0.2, -0.15) is 0 Å². The highest BCUT2D eigenvalue weighted by atomic mass is 16.5. The van der Waals surface area contributed by atoms with Gasteiger partial charge in [0.25, 0.3) is 5.91 Å². The first-order valence-corrected chi connectivity index (χ1v) is 7.39. The van der Waals surface area contributed by atoms with E-state index in [2.05, 4.69) is 10.6 Å². The maximum atomic E-state index is 12.2. The molecule has 0 bridgehead atoms. The van der Waals surface area contributed by atoms with E-state index >= 15 is 0 Å². The zero-order valence-electron chi connectivity index (χ0n) is 14.2. The first kappa shape index (κ1) is 19.3. The summed E-state index contributed by atoms with van der Waals surface area (Å²) < 4.78 is 15.2. The summed E-state index contributed by atoms with van der Waals surface area (Å²) in [4.78, 5) is 35.5. The van der Waals surface area contributed by atoms with Gasteiger partial charge in [-0.25, -0.2) is 4.79 Å². The summed E-state index contributed by atoms with van der Waals surface area (Å²) in [6, 6.07) is 4.10. The van der Waals surface area contributed by atoms with Crippen LogP contribution in [0.5, 0.6) is 11.5 Å². The number of hydrogen-bond acceptors (Lipinski definition) is 6. The van der Waals surface area contributed by atoms with Crippen molar-refractivity contribution in [1.82, 2.24) is 10.6 Å². The van der Waals surface area contributed by atoms with Crippen LogP contribution in [0.15, 0.2) is 18.2 Å². The van der Waals surface area contributed by atoms with Gasteiger partial charge in [0.1, 0.15) is 23.1 Å². The van der Waals surface area contributed by atoms with Crippen LogP contribution >= 0.6 is 0 Å². The summed E-state index contributed by atoms with van der Waals surface area (Å²) in [6.45, 7) is 3.24. The van der Waals surface area contributed by atoms with Crippen LogP contribution in [0.3, 0.4) is 0 Å². The second kappa shape index (κ2) is 9.39. The van der Waals surface area contributed by atoms with Gasteiger partial charge in [-0.15, -0.1) is 0 Å². The third kappa shape index (κ3) is 5.15. The van der Waals surface area contributed by atoms with Crippen molar-refractivity contribution in [3.05, 3.63) is 23.8 Å². The molecule has 0 aliphatic carbocycles. The minimum Gasteiger partial charge on any atom is -0.496 e. The summed E-state index contributed by atoms with van der Waals surface area (Å²) in [5.41, 5.74) is 0.0899. The molecule has 0 radical (unpaired) electrons. The molecule has 1 rings (SSSR count). The molecule has 0 aliphatic rings. The Morgan fingerprint density at radius 1 is 1.12 bits per heavy atom. The number of rotatable bonds is 8. The number of methoxy groups -OCH3 is 2. The van der Waals surface area contributed by atoms with Crippen LogP contribution in [0.2, 0.25) is 0 Å². The first-order valence-electron chi connectivity index (χ1n) is 7.39. The monoisotopic (exact) mass is 338 g/mol. The maximum absolute atomic E-state index is 12.2. The first-order chi connectivity index (χ1) is 11.4. The highest BCUT2D eigenvalue weighted by molar-refractivity contribution is 5.97. The normalized spacial score (nSPS) is 11.2. The molecule has 0 spiro atoms. The second-order valence-corrected chi connectivity index (χ2v) is 4.80.